The molecule has 4 nitrogen and oxygen atoms in total. The average Bonchev–Trinajstić information content (AvgIpc) is 2.74. The van der Waals surface area contributed by atoms with E-state index < -0.39 is 0 Å². The second kappa shape index (κ2) is 9.19. The predicted octanol–water partition coefficient (Wildman–Crippen LogP) is 3.57. The van der Waals surface area contributed by atoms with Gasteiger partial charge in [0.2, 0.25) is 0 Å². The van der Waals surface area contributed by atoms with Crippen molar-refractivity contribution in [3.05, 3.63) is 71.8 Å². The maximum atomic E-state index is 6.35. The van der Waals surface area contributed by atoms with E-state index >= 15 is 0 Å². The number of hydrogen-bond donors (Lipinski definition) is 0. The van der Waals surface area contributed by atoms with Crippen LogP contribution in [0, 0.1) is 0 Å². The molecule has 4 heteroatoms. The first-order chi connectivity index (χ1) is 13.8. The van der Waals surface area contributed by atoms with Crippen molar-refractivity contribution in [2.45, 2.75) is 37.6 Å². The lowest BCUT2D eigenvalue weighted by molar-refractivity contribution is -0.154. The predicted molar refractivity (Wildman–Crippen MR) is 112 cm³/mol. The molecule has 0 N–H and O–H groups in total. The molecule has 2 heterocycles. The minimum atomic E-state index is 0.00850. The number of benzene rings is 2. The molecule has 1 unspecified atom stereocenters. The Hall–Kier alpha value is -1.72. The normalized spacial score (nSPS) is 21.6. The van der Waals surface area contributed by atoms with Gasteiger partial charge in [0, 0.05) is 46.3 Å². The molecule has 28 heavy (non-hydrogen) atoms. The van der Waals surface area contributed by atoms with Crippen molar-refractivity contribution in [2.75, 3.05) is 39.9 Å². The Bertz CT molecular complexity index is 714. The summed E-state index contributed by atoms with van der Waals surface area (Å²) in [4.78, 5) is 5.05. The number of morpholine rings is 1. The Morgan fingerprint density at radius 2 is 1.57 bits per heavy atom. The molecule has 2 fully saturated rings. The summed E-state index contributed by atoms with van der Waals surface area (Å²) in [6.07, 6.45) is 3.23. The van der Waals surface area contributed by atoms with Crippen LogP contribution in [0.15, 0.2) is 60.7 Å². The van der Waals surface area contributed by atoms with Crippen LogP contribution in [0.2, 0.25) is 0 Å². The van der Waals surface area contributed by atoms with Gasteiger partial charge in [0.05, 0.1) is 12.2 Å². The van der Waals surface area contributed by atoms with Gasteiger partial charge in [-0.15, -0.1) is 0 Å². The zero-order valence-electron chi connectivity index (χ0n) is 16.9. The smallest absolute Gasteiger partial charge is 0.114 e. The first-order valence-electron chi connectivity index (χ1n) is 10.5. The molecule has 150 valence electrons. The fraction of sp³-hybridized carbons (Fsp3) is 0.500. The van der Waals surface area contributed by atoms with Crippen molar-refractivity contribution < 1.29 is 9.47 Å². The highest BCUT2D eigenvalue weighted by Gasteiger charge is 2.40. The van der Waals surface area contributed by atoms with Gasteiger partial charge >= 0.3 is 0 Å². The first-order valence-corrected chi connectivity index (χ1v) is 10.5. The summed E-state index contributed by atoms with van der Waals surface area (Å²) in [5, 5.41) is 0. The highest BCUT2D eigenvalue weighted by Crippen LogP contribution is 2.32. The minimum Gasteiger partial charge on any atom is -0.372 e. The van der Waals surface area contributed by atoms with Crippen molar-refractivity contribution in [3.8, 4) is 0 Å². The number of piperidine rings is 1. The van der Waals surface area contributed by atoms with Gasteiger partial charge in [0.1, 0.15) is 6.23 Å². The van der Waals surface area contributed by atoms with Crippen LogP contribution in [0.5, 0.6) is 0 Å². The second-order valence-electron chi connectivity index (χ2n) is 8.14. The summed E-state index contributed by atoms with van der Waals surface area (Å²) < 4.78 is 12.2. The standard InChI is InChI=1S/C24H32N2O2/c1-27-23(18-21-8-4-2-5-9-21)26-14-12-24(13-15-26)20-25(16-17-28-24)19-22-10-6-3-7-11-22/h2-11,23H,12-20H2,1H3. The molecule has 0 radical (unpaired) electrons. The Morgan fingerprint density at radius 3 is 2.21 bits per heavy atom. The van der Waals surface area contributed by atoms with Gasteiger partial charge < -0.3 is 9.47 Å². The molecular weight excluding hydrogens is 348 g/mol. The molecular formula is C24H32N2O2. The summed E-state index contributed by atoms with van der Waals surface area (Å²) >= 11 is 0. The zero-order chi connectivity index (χ0) is 19.2. The van der Waals surface area contributed by atoms with E-state index in [9.17, 15) is 0 Å². The van der Waals surface area contributed by atoms with Gasteiger partial charge in [-0.25, -0.2) is 0 Å². The van der Waals surface area contributed by atoms with Gasteiger partial charge in [-0.1, -0.05) is 60.7 Å². The maximum absolute atomic E-state index is 6.35. The van der Waals surface area contributed by atoms with Crippen LogP contribution in [-0.2, 0) is 22.4 Å². The summed E-state index contributed by atoms with van der Waals surface area (Å²) in [6, 6.07) is 21.4. The van der Waals surface area contributed by atoms with Crippen molar-refractivity contribution in [1.29, 1.82) is 0 Å². The molecule has 2 aliphatic rings. The molecule has 4 rings (SSSR count). The topological polar surface area (TPSA) is 24.9 Å². The Labute approximate surface area is 169 Å². The molecule has 1 atom stereocenters. The van der Waals surface area contributed by atoms with Gasteiger partial charge in [0.15, 0.2) is 0 Å². The van der Waals surface area contributed by atoms with Crippen LogP contribution in [0.25, 0.3) is 0 Å². The van der Waals surface area contributed by atoms with Crippen LogP contribution in [0.3, 0.4) is 0 Å². The number of likely N-dealkylation sites (tertiary alicyclic amines) is 1. The van der Waals surface area contributed by atoms with E-state index in [4.69, 9.17) is 9.47 Å². The fourth-order valence-corrected chi connectivity index (χ4v) is 4.60. The SMILES string of the molecule is COC(Cc1ccccc1)N1CCC2(CC1)CN(Cc1ccccc1)CCO2. The van der Waals surface area contributed by atoms with E-state index in [-0.39, 0.29) is 11.8 Å². The van der Waals surface area contributed by atoms with Crippen LogP contribution < -0.4 is 0 Å². The molecule has 2 aliphatic heterocycles. The number of hydrogen-bond acceptors (Lipinski definition) is 4. The van der Waals surface area contributed by atoms with E-state index in [1.54, 1.807) is 0 Å². The van der Waals surface area contributed by atoms with Gasteiger partial charge in [-0.05, 0) is 24.0 Å². The third kappa shape index (κ3) is 4.81. The quantitative estimate of drug-likeness (QED) is 0.765. The molecule has 2 saturated heterocycles. The van der Waals surface area contributed by atoms with Crippen molar-refractivity contribution in [2.24, 2.45) is 0 Å². The molecule has 0 saturated carbocycles. The van der Waals surface area contributed by atoms with Gasteiger partial charge in [-0.2, -0.15) is 0 Å². The molecule has 2 aromatic rings. The van der Waals surface area contributed by atoms with Crippen LogP contribution >= 0.6 is 0 Å². The Morgan fingerprint density at radius 1 is 0.929 bits per heavy atom. The number of nitrogens with zero attached hydrogens (tertiary/aromatic N) is 2. The molecule has 0 amide bonds. The fourth-order valence-electron chi connectivity index (χ4n) is 4.60. The largest absolute Gasteiger partial charge is 0.372 e. The lowest BCUT2D eigenvalue weighted by Crippen LogP contribution is -2.58. The molecule has 0 bridgehead atoms. The van der Waals surface area contributed by atoms with E-state index in [1.807, 2.05) is 7.11 Å². The monoisotopic (exact) mass is 380 g/mol. The molecule has 1 spiro atoms. The van der Waals surface area contributed by atoms with Crippen LogP contribution in [0.4, 0.5) is 0 Å². The Balaban J connectivity index is 1.33. The lowest BCUT2D eigenvalue weighted by Gasteiger charge is -2.48. The van der Waals surface area contributed by atoms with E-state index in [1.165, 1.54) is 11.1 Å². The highest BCUT2D eigenvalue weighted by molar-refractivity contribution is 5.16. The summed E-state index contributed by atoms with van der Waals surface area (Å²) in [6.45, 7) is 5.98. The molecule has 0 aromatic heterocycles. The lowest BCUT2D eigenvalue weighted by atomic mass is 9.88. The van der Waals surface area contributed by atoms with E-state index in [2.05, 4.69) is 70.5 Å². The summed E-state index contributed by atoms with van der Waals surface area (Å²) in [5.41, 5.74) is 2.73. The molecule has 0 aliphatic carbocycles. The minimum absolute atomic E-state index is 0.00850. The van der Waals surface area contributed by atoms with Crippen molar-refractivity contribution in [1.82, 2.24) is 9.80 Å². The highest BCUT2D eigenvalue weighted by atomic mass is 16.5. The first kappa shape index (κ1) is 19.6. The van der Waals surface area contributed by atoms with E-state index in [0.29, 0.717) is 0 Å². The maximum Gasteiger partial charge on any atom is 0.114 e. The average molecular weight is 381 g/mol. The van der Waals surface area contributed by atoms with Crippen LogP contribution in [-0.4, -0.2) is 61.5 Å². The Kier molecular flexibility index (Phi) is 6.43. The summed E-state index contributed by atoms with van der Waals surface area (Å²) in [7, 11) is 1.83. The number of rotatable bonds is 6. The number of ether oxygens (including phenoxy) is 2. The van der Waals surface area contributed by atoms with Crippen LogP contribution in [0.1, 0.15) is 24.0 Å². The molecule has 2 aromatic carbocycles. The van der Waals surface area contributed by atoms with Crippen molar-refractivity contribution >= 4 is 0 Å². The third-order valence-electron chi connectivity index (χ3n) is 6.22. The third-order valence-corrected chi connectivity index (χ3v) is 6.22. The van der Waals surface area contributed by atoms with Gasteiger partial charge in [-0.3, -0.25) is 9.80 Å². The van der Waals surface area contributed by atoms with Gasteiger partial charge in [0.25, 0.3) is 0 Å². The van der Waals surface area contributed by atoms with E-state index in [0.717, 1.165) is 58.6 Å². The zero-order valence-corrected chi connectivity index (χ0v) is 16.9. The second-order valence-corrected chi connectivity index (χ2v) is 8.14. The van der Waals surface area contributed by atoms with Crippen molar-refractivity contribution in [3.63, 3.8) is 0 Å². The summed E-state index contributed by atoms with van der Waals surface area (Å²) in [5.74, 6) is 0. The number of methoxy groups -OCH3 is 1.